The van der Waals surface area contributed by atoms with Gasteiger partial charge in [0, 0.05) is 11.7 Å². The summed E-state index contributed by atoms with van der Waals surface area (Å²) < 4.78 is 5.98. The number of nitrogens with zero attached hydrogens (tertiary/aromatic N) is 1. The molecule has 1 amide bonds. The molecule has 2 heterocycles. The Morgan fingerprint density at radius 3 is 2.72 bits per heavy atom. The molecule has 0 spiro atoms. The van der Waals surface area contributed by atoms with Crippen LogP contribution < -0.4 is 10.6 Å². The first-order valence-corrected chi connectivity index (χ1v) is 9.49. The number of esters is 1. The van der Waals surface area contributed by atoms with Crippen LogP contribution in [0.2, 0.25) is 0 Å². The summed E-state index contributed by atoms with van der Waals surface area (Å²) >= 11 is 2.74. The van der Waals surface area contributed by atoms with E-state index < -0.39 is 5.97 Å². The second kappa shape index (κ2) is 6.81. The lowest BCUT2D eigenvalue weighted by atomic mass is 10.3. The third-order valence-electron chi connectivity index (χ3n) is 3.59. The Kier molecular flexibility index (Phi) is 4.37. The van der Waals surface area contributed by atoms with Gasteiger partial charge in [-0.3, -0.25) is 4.79 Å². The van der Waals surface area contributed by atoms with Crippen LogP contribution in [0.25, 0.3) is 9.53 Å². The summed E-state index contributed by atoms with van der Waals surface area (Å²) in [5.41, 5.74) is 0.963. The standard InChI is InChI=1S/C17H15N3O3S2/c21-14(18-11-6-7-11)9-23-16(22)13-8-12-15(24-13)20-17(25-12)19-10-4-2-1-3-5-10/h1-5,8,11H,6-7,9H2,(H,18,21)(H,19,20). The molecule has 1 aromatic carbocycles. The molecule has 128 valence electrons. The first-order valence-electron chi connectivity index (χ1n) is 7.86. The molecule has 0 atom stereocenters. The average molecular weight is 373 g/mol. The van der Waals surface area contributed by atoms with Crippen molar-refractivity contribution in [1.29, 1.82) is 0 Å². The topological polar surface area (TPSA) is 80.3 Å². The molecule has 0 radical (unpaired) electrons. The maximum atomic E-state index is 12.1. The monoisotopic (exact) mass is 373 g/mol. The van der Waals surface area contributed by atoms with Crippen LogP contribution in [0.1, 0.15) is 22.5 Å². The second-order valence-corrected chi connectivity index (χ2v) is 7.77. The Labute approximate surface area is 151 Å². The number of carbonyl (C=O) groups is 2. The number of rotatable bonds is 6. The zero-order valence-corrected chi connectivity index (χ0v) is 14.8. The van der Waals surface area contributed by atoms with Crippen LogP contribution in [0.5, 0.6) is 0 Å². The van der Waals surface area contributed by atoms with E-state index >= 15 is 0 Å². The number of ether oxygens (including phenoxy) is 1. The first kappa shape index (κ1) is 16.0. The molecule has 1 aliphatic rings. The Balaban J connectivity index is 1.38. The maximum Gasteiger partial charge on any atom is 0.348 e. The molecule has 0 saturated heterocycles. The van der Waals surface area contributed by atoms with Gasteiger partial charge in [0.15, 0.2) is 11.7 Å². The van der Waals surface area contributed by atoms with Crippen LogP contribution >= 0.6 is 22.7 Å². The van der Waals surface area contributed by atoms with Gasteiger partial charge in [0.05, 0.1) is 4.70 Å². The van der Waals surface area contributed by atoms with E-state index in [-0.39, 0.29) is 18.6 Å². The molecule has 0 bridgehead atoms. The van der Waals surface area contributed by atoms with Crippen molar-refractivity contribution in [2.24, 2.45) is 0 Å². The number of fused-ring (bicyclic) bond motifs is 1. The van der Waals surface area contributed by atoms with Gasteiger partial charge in [-0.05, 0) is 31.0 Å². The molecule has 4 rings (SSSR count). The lowest BCUT2D eigenvalue weighted by Crippen LogP contribution is -2.30. The number of anilines is 2. The minimum absolute atomic E-state index is 0.241. The Morgan fingerprint density at radius 2 is 2.00 bits per heavy atom. The quantitative estimate of drug-likeness (QED) is 0.646. The van der Waals surface area contributed by atoms with Crippen LogP contribution in [0.3, 0.4) is 0 Å². The number of hydrogen-bond donors (Lipinski definition) is 2. The molecule has 6 nitrogen and oxygen atoms in total. The highest BCUT2D eigenvalue weighted by Gasteiger charge is 2.24. The molecular formula is C17H15N3O3S2. The predicted octanol–water partition coefficient (Wildman–Crippen LogP) is 3.54. The summed E-state index contributed by atoms with van der Waals surface area (Å²) in [6.45, 7) is -0.241. The third kappa shape index (κ3) is 3.97. The van der Waals surface area contributed by atoms with Gasteiger partial charge in [0.1, 0.15) is 9.71 Å². The zero-order chi connectivity index (χ0) is 17.2. The number of thiophene rings is 1. The molecule has 3 aromatic rings. The van der Waals surface area contributed by atoms with E-state index in [1.54, 1.807) is 6.07 Å². The number of amides is 1. The molecule has 0 aliphatic heterocycles. The van der Waals surface area contributed by atoms with E-state index in [4.69, 9.17) is 4.74 Å². The number of nitrogens with one attached hydrogen (secondary N) is 2. The number of aromatic nitrogens is 1. The van der Waals surface area contributed by atoms with Gasteiger partial charge in [-0.25, -0.2) is 9.78 Å². The minimum Gasteiger partial charge on any atom is -0.451 e. The minimum atomic E-state index is -0.487. The van der Waals surface area contributed by atoms with Crippen LogP contribution in [-0.2, 0) is 9.53 Å². The number of hydrogen-bond acceptors (Lipinski definition) is 7. The van der Waals surface area contributed by atoms with E-state index in [1.165, 1.54) is 22.7 Å². The molecule has 1 aliphatic carbocycles. The van der Waals surface area contributed by atoms with Crippen molar-refractivity contribution in [2.75, 3.05) is 11.9 Å². The summed E-state index contributed by atoms with van der Waals surface area (Å²) in [7, 11) is 0. The number of benzene rings is 1. The summed E-state index contributed by atoms with van der Waals surface area (Å²) in [5.74, 6) is -0.736. The molecule has 1 saturated carbocycles. The highest BCUT2D eigenvalue weighted by atomic mass is 32.1. The number of thiazole rings is 1. The molecule has 0 unspecified atom stereocenters. The maximum absolute atomic E-state index is 12.1. The van der Waals surface area contributed by atoms with E-state index in [0.29, 0.717) is 4.88 Å². The first-order chi connectivity index (χ1) is 12.2. The fraction of sp³-hybridized carbons (Fsp3) is 0.235. The third-order valence-corrected chi connectivity index (χ3v) is 5.65. The Morgan fingerprint density at radius 1 is 1.20 bits per heavy atom. The highest BCUT2D eigenvalue weighted by molar-refractivity contribution is 7.29. The van der Waals surface area contributed by atoms with Gasteiger partial charge < -0.3 is 15.4 Å². The smallest absolute Gasteiger partial charge is 0.348 e. The second-order valence-electron chi connectivity index (χ2n) is 5.71. The van der Waals surface area contributed by atoms with Crippen LogP contribution in [0, 0.1) is 0 Å². The summed E-state index contributed by atoms with van der Waals surface area (Å²) in [6.07, 6.45) is 2.01. The fourth-order valence-electron chi connectivity index (χ4n) is 2.23. The SMILES string of the molecule is O=C(COC(=O)c1cc2sc(Nc3ccccc3)nc2s1)NC1CC1. The lowest BCUT2D eigenvalue weighted by molar-refractivity contribution is -0.124. The van der Waals surface area contributed by atoms with Gasteiger partial charge in [-0.1, -0.05) is 29.5 Å². The average Bonchev–Trinajstić information content (AvgIpc) is 3.20. The van der Waals surface area contributed by atoms with Crippen LogP contribution in [0.4, 0.5) is 10.8 Å². The molecule has 2 aromatic heterocycles. The molecule has 8 heteroatoms. The van der Waals surface area contributed by atoms with Crippen molar-refractivity contribution >= 4 is 54.9 Å². The van der Waals surface area contributed by atoms with Crippen LogP contribution in [0.15, 0.2) is 36.4 Å². The van der Waals surface area contributed by atoms with Crippen molar-refractivity contribution < 1.29 is 14.3 Å². The van der Waals surface area contributed by atoms with Crippen molar-refractivity contribution in [3.05, 3.63) is 41.3 Å². The predicted molar refractivity (Wildman–Crippen MR) is 98.7 cm³/mol. The van der Waals surface area contributed by atoms with Gasteiger partial charge in [0.25, 0.3) is 5.91 Å². The highest BCUT2D eigenvalue weighted by Crippen LogP contribution is 2.34. The normalized spacial score (nSPS) is 13.6. The van der Waals surface area contributed by atoms with Gasteiger partial charge in [-0.2, -0.15) is 0 Å². The largest absolute Gasteiger partial charge is 0.451 e. The van der Waals surface area contributed by atoms with Crippen LogP contribution in [-0.4, -0.2) is 29.5 Å². The molecule has 1 fully saturated rings. The summed E-state index contributed by atoms with van der Waals surface area (Å²) in [6, 6.07) is 11.8. The Hall–Kier alpha value is -2.45. The molecule has 25 heavy (non-hydrogen) atoms. The van der Waals surface area contributed by atoms with Gasteiger partial charge >= 0.3 is 5.97 Å². The number of carbonyl (C=O) groups excluding carboxylic acids is 2. The Bertz CT molecular complexity index is 884. The van der Waals surface area contributed by atoms with E-state index in [2.05, 4.69) is 15.6 Å². The fourth-order valence-corrected chi connectivity index (χ4v) is 4.26. The van der Waals surface area contributed by atoms with Crippen molar-refractivity contribution in [1.82, 2.24) is 10.3 Å². The molecule has 2 N–H and O–H groups in total. The zero-order valence-electron chi connectivity index (χ0n) is 13.2. The van der Waals surface area contributed by atoms with Crippen molar-refractivity contribution in [2.45, 2.75) is 18.9 Å². The van der Waals surface area contributed by atoms with Gasteiger partial charge in [-0.15, -0.1) is 11.3 Å². The lowest BCUT2D eigenvalue weighted by Gasteiger charge is -2.03. The van der Waals surface area contributed by atoms with E-state index in [9.17, 15) is 9.59 Å². The summed E-state index contributed by atoms with van der Waals surface area (Å²) in [5, 5.41) is 6.79. The van der Waals surface area contributed by atoms with Gasteiger partial charge in [0.2, 0.25) is 0 Å². The van der Waals surface area contributed by atoms with E-state index in [0.717, 1.165) is 33.2 Å². The number of para-hydroxylation sites is 1. The van der Waals surface area contributed by atoms with Crippen molar-refractivity contribution in [3.63, 3.8) is 0 Å². The molecular weight excluding hydrogens is 358 g/mol. The van der Waals surface area contributed by atoms with Crippen molar-refractivity contribution in [3.8, 4) is 0 Å². The summed E-state index contributed by atoms with van der Waals surface area (Å²) in [4.78, 5) is 29.4. The van der Waals surface area contributed by atoms with E-state index in [1.807, 2.05) is 30.3 Å².